The van der Waals surface area contributed by atoms with Crippen molar-refractivity contribution in [2.45, 2.75) is 24.5 Å². The van der Waals surface area contributed by atoms with Gasteiger partial charge in [0.05, 0.1) is 11.6 Å². The topological polar surface area (TPSA) is 46.2 Å². The zero-order valence-electron chi connectivity index (χ0n) is 9.06. The molecular formula is C10H8F7NO. The molecule has 0 aliphatic heterocycles. The summed E-state index contributed by atoms with van der Waals surface area (Å²) in [5.74, 6) is -1.63. The molecule has 2 nitrogen and oxygen atoms in total. The summed E-state index contributed by atoms with van der Waals surface area (Å²) in [5.41, 5.74) is 2.62. The van der Waals surface area contributed by atoms with E-state index in [-0.39, 0.29) is 6.07 Å². The maximum Gasteiger partial charge on any atom is 0.419 e. The van der Waals surface area contributed by atoms with Crippen LogP contribution in [0, 0.1) is 5.82 Å². The number of benzene rings is 1. The molecule has 1 aromatic carbocycles. The van der Waals surface area contributed by atoms with Crippen molar-refractivity contribution >= 4 is 0 Å². The molecule has 3 N–H and O–H groups in total. The van der Waals surface area contributed by atoms with Crippen LogP contribution in [0.1, 0.15) is 17.2 Å². The Kier molecular flexibility index (Phi) is 4.11. The highest BCUT2D eigenvalue weighted by Gasteiger charge is 2.43. The summed E-state index contributed by atoms with van der Waals surface area (Å²) < 4.78 is 86.5. The molecule has 0 aliphatic rings. The van der Waals surface area contributed by atoms with Crippen molar-refractivity contribution in [2.24, 2.45) is 5.73 Å². The van der Waals surface area contributed by atoms with Crippen LogP contribution in [0.15, 0.2) is 18.2 Å². The summed E-state index contributed by atoms with van der Waals surface area (Å²) in [6.07, 6.45) is -13.2. The predicted octanol–water partition coefficient (Wildman–Crippen LogP) is 2.77. The van der Waals surface area contributed by atoms with Gasteiger partial charge in [-0.3, -0.25) is 0 Å². The van der Waals surface area contributed by atoms with E-state index in [1.54, 1.807) is 0 Å². The zero-order valence-corrected chi connectivity index (χ0v) is 9.06. The van der Waals surface area contributed by atoms with E-state index in [2.05, 4.69) is 0 Å². The molecule has 0 saturated carbocycles. The van der Waals surface area contributed by atoms with E-state index in [9.17, 15) is 30.7 Å². The van der Waals surface area contributed by atoms with Crippen molar-refractivity contribution in [1.29, 1.82) is 0 Å². The van der Waals surface area contributed by atoms with Crippen molar-refractivity contribution in [3.63, 3.8) is 0 Å². The third-order valence-electron chi connectivity index (χ3n) is 2.36. The highest BCUT2D eigenvalue weighted by molar-refractivity contribution is 5.30. The highest BCUT2D eigenvalue weighted by atomic mass is 19.4. The van der Waals surface area contributed by atoms with Gasteiger partial charge in [0.1, 0.15) is 5.82 Å². The van der Waals surface area contributed by atoms with Crippen molar-refractivity contribution in [3.05, 3.63) is 35.1 Å². The summed E-state index contributed by atoms with van der Waals surface area (Å²) in [6.45, 7) is 0. The summed E-state index contributed by atoms with van der Waals surface area (Å²) in [6, 6.07) is -0.984. The zero-order chi connectivity index (χ0) is 15.0. The fourth-order valence-electron chi connectivity index (χ4n) is 1.35. The van der Waals surface area contributed by atoms with E-state index in [1.807, 2.05) is 0 Å². The molecule has 0 fully saturated rings. The standard InChI is InChI=1S/C10H8F7NO/c11-6-2-1-4(3-5(6)9(12,13)14)7(18)8(19)10(15,16)17/h1-3,7-8,19H,18H2/t7-,8-/m1/s1. The van der Waals surface area contributed by atoms with Crippen LogP contribution < -0.4 is 5.73 Å². The third kappa shape index (κ3) is 3.57. The molecule has 2 atom stereocenters. The molecule has 0 aromatic heterocycles. The number of nitrogens with two attached hydrogens (primary N) is 1. The Morgan fingerprint density at radius 3 is 2.00 bits per heavy atom. The largest absolute Gasteiger partial charge is 0.419 e. The summed E-state index contributed by atoms with van der Waals surface area (Å²) in [7, 11) is 0. The Balaban J connectivity index is 3.16. The van der Waals surface area contributed by atoms with E-state index in [0.717, 1.165) is 0 Å². The maximum absolute atomic E-state index is 12.9. The summed E-state index contributed by atoms with van der Waals surface area (Å²) >= 11 is 0. The van der Waals surface area contributed by atoms with Gasteiger partial charge in [-0.25, -0.2) is 4.39 Å². The number of rotatable bonds is 2. The van der Waals surface area contributed by atoms with Gasteiger partial charge in [-0.1, -0.05) is 6.07 Å². The van der Waals surface area contributed by atoms with Crippen LogP contribution in [0.25, 0.3) is 0 Å². The van der Waals surface area contributed by atoms with Crippen LogP contribution >= 0.6 is 0 Å². The smallest absolute Gasteiger partial charge is 0.382 e. The Morgan fingerprint density at radius 2 is 1.58 bits per heavy atom. The van der Waals surface area contributed by atoms with Gasteiger partial charge in [-0.15, -0.1) is 0 Å². The van der Waals surface area contributed by atoms with E-state index in [1.165, 1.54) is 0 Å². The molecule has 0 spiro atoms. The molecule has 0 aliphatic carbocycles. The van der Waals surface area contributed by atoms with Gasteiger partial charge in [0.2, 0.25) is 0 Å². The van der Waals surface area contributed by atoms with Crippen molar-refractivity contribution in [3.8, 4) is 0 Å². The Hall–Kier alpha value is -1.35. The van der Waals surface area contributed by atoms with Gasteiger partial charge >= 0.3 is 12.4 Å². The average Bonchev–Trinajstić information content (AvgIpc) is 2.25. The quantitative estimate of drug-likeness (QED) is 0.823. The lowest BCUT2D eigenvalue weighted by atomic mass is 9.99. The first-order chi connectivity index (χ1) is 8.44. The molecule has 1 aromatic rings. The highest BCUT2D eigenvalue weighted by Crippen LogP contribution is 2.34. The van der Waals surface area contributed by atoms with Gasteiger partial charge in [-0.2, -0.15) is 26.3 Å². The number of halogens is 7. The number of aliphatic hydroxyl groups excluding tert-OH is 1. The van der Waals surface area contributed by atoms with Gasteiger partial charge in [0, 0.05) is 0 Å². The van der Waals surface area contributed by atoms with Crippen LogP contribution in [0.3, 0.4) is 0 Å². The second kappa shape index (κ2) is 4.97. The molecule has 19 heavy (non-hydrogen) atoms. The second-order valence-electron chi connectivity index (χ2n) is 3.75. The van der Waals surface area contributed by atoms with E-state index >= 15 is 0 Å². The van der Waals surface area contributed by atoms with Crippen LogP contribution in [0.5, 0.6) is 0 Å². The molecule has 1 rings (SSSR count). The minimum Gasteiger partial charge on any atom is -0.382 e. The molecule has 0 amide bonds. The Labute approximate surface area is 102 Å². The Bertz CT molecular complexity index is 454. The molecule has 0 heterocycles. The van der Waals surface area contributed by atoms with Crippen molar-refractivity contribution in [2.75, 3.05) is 0 Å². The molecular weight excluding hydrogens is 283 g/mol. The van der Waals surface area contributed by atoms with Crippen LogP contribution in [-0.2, 0) is 6.18 Å². The minimum atomic E-state index is -5.09. The average molecular weight is 291 g/mol. The molecule has 0 radical (unpaired) electrons. The first kappa shape index (κ1) is 15.7. The number of aliphatic hydroxyl groups is 1. The van der Waals surface area contributed by atoms with Crippen LogP contribution in [-0.4, -0.2) is 17.4 Å². The van der Waals surface area contributed by atoms with Gasteiger partial charge < -0.3 is 10.8 Å². The molecule has 0 saturated heterocycles. The first-order valence-electron chi connectivity index (χ1n) is 4.81. The summed E-state index contributed by atoms with van der Waals surface area (Å²) in [5, 5.41) is 8.85. The van der Waals surface area contributed by atoms with Crippen molar-refractivity contribution < 1.29 is 35.8 Å². The minimum absolute atomic E-state index is 0.148. The lowest BCUT2D eigenvalue weighted by Gasteiger charge is -2.22. The molecule has 0 bridgehead atoms. The molecule has 108 valence electrons. The predicted molar refractivity (Wildman–Crippen MR) is 50.4 cm³/mol. The number of hydrogen-bond donors (Lipinski definition) is 2. The third-order valence-corrected chi connectivity index (χ3v) is 2.36. The maximum atomic E-state index is 12.9. The van der Waals surface area contributed by atoms with E-state index in [4.69, 9.17) is 10.8 Å². The monoisotopic (exact) mass is 291 g/mol. The second-order valence-corrected chi connectivity index (χ2v) is 3.75. The Morgan fingerprint density at radius 1 is 1.05 bits per heavy atom. The van der Waals surface area contributed by atoms with Crippen LogP contribution in [0.2, 0.25) is 0 Å². The fraction of sp³-hybridized carbons (Fsp3) is 0.400. The van der Waals surface area contributed by atoms with Crippen molar-refractivity contribution in [1.82, 2.24) is 0 Å². The molecule has 9 heteroatoms. The van der Waals surface area contributed by atoms with E-state index < -0.39 is 41.4 Å². The van der Waals surface area contributed by atoms with Gasteiger partial charge in [0.25, 0.3) is 0 Å². The lowest BCUT2D eigenvalue weighted by Crippen LogP contribution is -2.39. The lowest BCUT2D eigenvalue weighted by molar-refractivity contribution is -0.210. The normalized spacial score (nSPS) is 16.3. The van der Waals surface area contributed by atoms with Gasteiger partial charge in [0.15, 0.2) is 6.10 Å². The SMILES string of the molecule is N[C@H](c1ccc(F)c(C(F)(F)F)c1)[C@@H](O)C(F)(F)F. The molecule has 0 unspecified atom stereocenters. The number of alkyl halides is 6. The first-order valence-corrected chi connectivity index (χ1v) is 4.81. The van der Waals surface area contributed by atoms with Crippen LogP contribution in [0.4, 0.5) is 30.7 Å². The van der Waals surface area contributed by atoms with E-state index in [0.29, 0.717) is 12.1 Å². The van der Waals surface area contributed by atoms with Gasteiger partial charge in [-0.05, 0) is 17.7 Å². The number of hydrogen-bond acceptors (Lipinski definition) is 2. The fourth-order valence-corrected chi connectivity index (χ4v) is 1.35. The summed E-state index contributed by atoms with van der Waals surface area (Å²) in [4.78, 5) is 0.